The Kier molecular flexibility index (Phi) is 6.03. The third kappa shape index (κ3) is 3.81. The monoisotopic (exact) mass is 450 g/mol. The first kappa shape index (κ1) is 20.0. The quantitative estimate of drug-likeness (QED) is 0.689. The van der Waals surface area contributed by atoms with Gasteiger partial charge < -0.3 is 4.90 Å². The third-order valence-electron chi connectivity index (χ3n) is 4.86. The summed E-state index contributed by atoms with van der Waals surface area (Å²) in [4.78, 5) is 15.1. The molecule has 2 aromatic carbocycles. The number of hydrogen-bond donors (Lipinski definition) is 0. The van der Waals surface area contributed by atoms with E-state index in [1.165, 1.54) is 4.31 Å². The van der Waals surface area contributed by atoms with Crippen LogP contribution in [-0.4, -0.2) is 38.3 Å². The zero-order chi connectivity index (χ0) is 19.6. The maximum absolute atomic E-state index is 13.0. The van der Waals surface area contributed by atoms with Crippen LogP contribution in [0.5, 0.6) is 0 Å². The molecule has 0 aromatic heterocycles. The Labute approximate surface area is 169 Å². The van der Waals surface area contributed by atoms with Crippen LogP contribution in [-0.2, 0) is 16.4 Å². The third-order valence-corrected chi connectivity index (χ3v) is 7.60. The summed E-state index contributed by atoms with van der Waals surface area (Å²) in [7, 11) is -3.51. The molecule has 0 bridgehead atoms. The molecule has 7 heteroatoms. The first-order valence-electron chi connectivity index (χ1n) is 9.09. The summed E-state index contributed by atoms with van der Waals surface area (Å²) in [6.45, 7) is 5.15. The van der Waals surface area contributed by atoms with Crippen LogP contribution < -0.4 is 4.90 Å². The maximum atomic E-state index is 13.0. The molecule has 0 saturated carbocycles. The smallest absolute Gasteiger partial charge is 0.259 e. The standard InChI is InChI=1S/C20H23BrN2O3S/c1-3-22(4-2)27(25,26)16-11-12-19-15(14-16)8-7-13-23(19)20(24)17-9-5-6-10-18(17)21/h5-6,9-12,14H,3-4,7-8,13H2,1-2H3. The van der Waals surface area contributed by atoms with Gasteiger partial charge >= 0.3 is 0 Å². The minimum Gasteiger partial charge on any atom is -0.308 e. The molecule has 5 nitrogen and oxygen atoms in total. The van der Waals surface area contributed by atoms with Crippen LogP contribution in [0.15, 0.2) is 51.8 Å². The second-order valence-corrected chi connectivity index (χ2v) is 9.21. The highest BCUT2D eigenvalue weighted by Crippen LogP contribution is 2.32. The number of carbonyl (C=O) groups excluding carboxylic acids is 1. The molecule has 0 N–H and O–H groups in total. The molecule has 27 heavy (non-hydrogen) atoms. The van der Waals surface area contributed by atoms with Gasteiger partial charge in [-0.1, -0.05) is 26.0 Å². The predicted molar refractivity (Wildman–Crippen MR) is 111 cm³/mol. The summed E-state index contributed by atoms with van der Waals surface area (Å²) in [5, 5.41) is 0. The first-order valence-corrected chi connectivity index (χ1v) is 11.3. The van der Waals surface area contributed by atoms with Crippen molar-refractivity contribution in [2.24, 2.45) is 0 Å². The zero-order valence-corrected chi connectivity index (χ0v) is 17.9. The van der Waals surface area contributed by atoms with Gasteiger partial charge in [-0.3, -0.25) is 4.79 Å². The molecular weight excluding hydrogens is 428 g/mol. The van der Waals surface area contributed by atoms with Gasteiger partial charge in [0.1, 0.15) is 0 Å². The molecule has 1 aliphatic rings. The second kappa shape index (κ2) is 8.12. The minimum atomic E-state index is -3.51. The first-order chi connectivity index (χ1) is 12.9. The Morgan fingerprint density at radius 3 is 2.52 bits per heavy atom. The summed E-state index contributed by atoms with van der Waals surface area (Å²) >= 11 is 3.44. The fraction of sp³-hybridized carbons (Fsp3) is 0.350. The maximum Gasteiger partial charge on any atom is 0.259 e. The summed E-state index contributed by atoms with van der Waals surface area (Å²) in [5.41, 5.74) is 2.29. The van der Waals surface area contributed by atoms with Gasteiger partial charge in [0.05, 0.1) is 10.5 Å². The van der Waals surface area contributed by atoms with Gasteiger partial charge in [0.15, 0.2) is 0 Å². The number of amides is 1. The van der Waals surface area contributed by atoms with Crippen molar-refractivity contribution in [1.82, 2.24) is 4.31 Å². The van der Waals surface area contributed by atoms with Crippen LogP contribution in [0.25, 0.3) is 0 Å². The number of nitrogens with zero attached hydrogens (tertiary/aromatic N) is 2. The molecular formula is C20H23BrN2O3S. The number of aryl methyl sites for hydroxylation is 1. The molecule has 144 valence electrons. The van der Waals surface area contributed by atoms with E-state index >= 15 is 0 Å². The Morgan fingerprint density at radius 1 is 1.15 bits per heavy atom. The SMILES string of the molecule is CCN(CC)S(=O)(=O)c1ccc2c(c1)CCCN2C(=O)c1ccccc1Br. The molecule has 1 aliphatic heterocycles. The van der Waals surface area contributed by atoms with E-state index in [1.54, 1.807) is 29.2 Å². The zero-order valence-electron chi connectivity index (χ0n) is 15.5. The highest BCUT2D eigenvalue weighted by atomic mass is 79.9. The van der Waals surface area contributed by atoms with Crippen LogP contribution in [0.2, 0.25) is 0 Å². The number of fused-ring (bicyclic) bond motifs is 1. The van der Waals surface area contributed by atoms with Crippen molar-refractivity contribution < 1.29 is 13.2 Å². The van der Waals surface area contributed by atoms with Crippen LogP contribution >= 0.6 is 15.9 Å². The molecule has 0 unspecified atom stereocenters. The molecule has 1 heterocycles. The fourth-order valence-corrected chi connectivity index (χ4v) is 5.40. The highest BCUT2D eigenvalue weighted by Gasteiger charge is 2.28. The van der Waals surface area contributed by atoms with Crippen molar-refractivity contribution in [1.29, 1.82) is 0 Å². The molecule has 0 saturated heterocycles. The van der Waals surface area contributed by atoms with E-state index < -0.39 is 10.0 Å². The highest BCUT2D eigenvalue weighted by molar-refractivity contribution is 9.10. The largest absolute Gasteiger partial charge is 0.308 e. The molecule has 0 aliphatic carbocycles. The van der Waals surface area contributed by atoms with E-state index in [4.69, 9.17) is 0 Å². The lowest BCUT2D eigenvalue weighted by atomic mass is 10.0. The molecule has 0 radical (unpaired) electrons. The average molecular weight is 451 g/mol. The van der Waals surface area contributed by atoms with Gasteiger partial charge in [0.2, 0.25) is 10.0 Å². The van der Waals surface area contributed by atoms with Crippen molar-refractivity contribution >= 4 is 37.5 Å². The van der Waals surface area contributed by atoms with Crippen LogP contribution in [0, 0.1) is 0 Å². The van der Waals surface area contributed by atoms with Crippen LogP contribution in [0.3, 0.4) is 0 Å². The van der Waals surface area contributed by atoms with Crippen molar-refractivity contribution in [3.8, 4) is 0 Å². The van der Waals surface area contributed by atoms with Crippen molar-refractivity contribution in [2.75, 3.05) is 24.5 Å². The second-order valence-electron chi connectivity index (χ2n) is 6.42. The predicted octanol–water partition coefficient (Wildman–Crippen LogP) is 4.07. The lowest BCUT2D eigenvalue weighted by Crippen LogP contribution is -2.36. The summed E-state index contributed by atoms with van der Waals surface area (Å²) in [6, 6.07) is 12.4. The number of halogens is 1. The van der Waals surface area contributed by atoms with Crippen LogP contribution in [0.4, 0.5) is 5.69 Å². The van der Waals surface area contributed by atoms with Gasteiger partial charge in [-0.25, -0.2) is 8.42 Å². The number of anilines is 1. The van der Waals surface area contributed by atoms with Gasteiger partial charge in [-0.2, -0.15) is 4.31 Å². The number of rotatable bonds is 5. The Bertz CT molecular complexity index is 955. The van der Waals surface area contributed by atoms with E-state index in [0.29, 0.717) is 30.1 Å². The molecule has 0 atom stereocenters. The molecule has 3 rings (SSSR count). The Hall–Kier alpha value is -1.70. The van der Waals surface area contributed by atoms with Gasteiger partial charge in [0, 0.05) is 29.8 Å². The van der Waals surface area contributed by atoms with E-state index in [1.807, 2.05) is 32.0 Å². The average Bonchev–Trinajstić information content (AvgIpc) is 2.67. The summed E-state index contributed by atoms with van der Waals surface area (Å²) in [6.07, 6.45) is 1.56. The molecule has 1 amide bonds. The lowest BCUT2D eigenvalue weighted by Gasteiger charge is -2.30. The van der Waals surface area contributed by atoms with Crippen LogP contribution in [0.1, 0.15) is 36.2 Å². The van der Waals surface area contributed by atoms with Gasteiger partial charge in [-0.05, 0) is 64.7 Å². The number of carbonyl (C=O) groups is 1. The number of hydrogen-bond acceptors (Lipinski definition) is 3. The molecule has 0 spiro atoms. The normalized spacial score (nSPS) is 14.3. The number of benzene rings is 2. The minimum absolute atomic E-state index is 0.0808. The van der Waals surface area contributed by atoms with E-state index in [-0.39, 0.29) is 5.91 Å². The van der Waals surface area contributed by atoms with Crippen molar-refractivity contribution in [2.45, 2.75) is 31.6 Å². The van der Waals surface area contributed by atoms with E-state index in [2.05, 4.69) is 15.9 Å². The lowest BCUT2D eigenvalue weighted by molar-refractivity contribution is 0.0984. The Morgan fingerprint density at radius 2 is 1.85 bits per heavy atom. The topological polar surface area (TPSA) is 57.7 Å². The molecule has 0 fully saturated rings. The van der Waals surface area contributed by atoms with Gasteiger partial charge in [0.25, 0.3) is 5.91 Å². The number of sulfonamides is 1. The summed E-state index contributed by atoms with van der Waals surface area (Å²) in [5.74, 6) is -0.0808. The fourth-order valence-electron chi connectivity index (χ4n) is 3.44. The summed E-state index contributed by atoms with van der Waals surface area (Å²) < 4.78 is 27.8. The van der Waals surface area contributed by atoms with E-state index in [0.717, 1.165) is 28.6 Å². The van der Waals surface area contributed by atoms with E-state index in [9.17, 15) is 13.2 Å². The van der Waals surface area contributed by atoms with Crippen molar-refractivity contribution in [3.63, 3.8) is 0 Å². The Balaban J connectivity index is 1.99. The van der Waals surface area contributed by atoms with Crippen molar-refractivity contribution in [3.05, 3.63) is 58.1 Å². The van der Waals surface area contributed by atoms with Gasteiger partial charge in [-0.15, -0.1) is 0 Å². The molecule has 2 aromatic rings.